The molecule has 0 bridgehead atoms. The quantitative estimate of drug-likeness (QED) is 0.278. The number of halogens is 1. The number of aromatic nitrogens is 5. The lowest BCUT2D eigenvalue weighted by Crippen LogP contribution is -2.28. The fraction of sp³-hybridized carbons (Fsp3) is 0.261. The third-order valence-electron chi connectivity index (χ3n) is 5.69. The standard InChI is InChI=1S/C23H20IN5O3/c24-19-9-8-18-22(28-19)29-21(27-18)15-3-7-17(25-12-15)14-4-10-20(26-11-14)32-16-5-1-13(2-6-16)23(30)31/h3-4,7-13,16H,1-2,5-6H2,(H,30,31)(H,27,28,29). The topological polar surface area (TPSA) is 114 Å². The molecule has 162 valence electrons. The summed E-state index contributed by atoms with van der Waals surface area (Å²) in [5.41, 5.74) is 4.15. The first-order chi connectivity index (χ1) is 15.5. The second-order valence-electron chi connectivity index (χ2n) is 7.83. The van der Waals surface area contributed by atoms with Gasteiger partial charge in [0.15, 0.2) is 5.65 Å². The summed E-state index contributed by atoms with van der Waals surface area (Å²) in [7, 11) is 0. The summed E-state index contributed by atoms with van der Waals surface area (Å²) in [6.45, 7) is 0. The van der Waals surface area contributed by atoms with E-state index in [2.05, 4.69) is 47.5 Å². The van der Waals surface area contributed by atoms with Crippen molar-refractivity contribution in [2.24, 2.45) is 5.92 Å². The molecule has 9 heteroatoms. The van der Waals surface area contributed by atoms with Crippen LogP contribution in [-0.2, 0) is 4.79 Å². The number of rotatable bonds is 5. The number of hydrogen-bond acceptors (Lipinski definition) is 6. The summed E-state index contributed by atoms with van der Waals surface area (Å²) in [5.74, 6) is 0.316. The number of aromatic amines is 1. The van der Waals surface area contributed by atoms with Crippen molar-refractivity contribution < 1.29 is 14.6 Å². The second kappa shape index (κ2) is 8.81. The Labute approximate surface area is 197 Å². The Kier molecular flexibility index (Phi) is 5.73. The van der Waals surface area contributed by atoms with Crippen molar-refractivity contribution in [2.75, 3.05) is 0 Å². The highest BCUT2D eigenvalue weighted by Crippen LogP contribution is 2.28. The van der Waals surface area contributed by atoms with E-state index in [4.69, 9.17) is 9.84 Å². The Bertz CT molecular complexity index is 1250. The van der Waals surface area contributed by atoms with Crippen LogP contribution in [0.4, 0.5) is 0 Å². The number of hydrogen-bond donors (Lipinski definition) is 2. The molecule has 4 aromatic rings. The largest absolute Gasteiger partial charge is 0.481 e. The lowest BCUT2D eigenvalue weighted by Gasteiger charge is -2.26. The molecule has 0 amide bonds. The third kappa shape index (κ3) is 4.43. The van der Waals surface area contributed by atoms with Gasteiger partial charge in [-0.05, 0) is 78.6 Å². The van der Waals surface area contributed by atoms with Gasteiger partial charge in [-0.25, -0.2) is 15.0 Å². The summed E-state index contributed by atoms with van der Waals surface area (Å²) in [6, 6.07) is 11.5. The molecule has 1 aliphatic rings. The number of carboxylic acid groups (broad SMARTS) is 1. The van der Waals surface area contributed by atoms with Crippen LogP contribution in [0.2, 0.25) is 0 Å². The fourth-order valence-corrected chi connectivity index (χ4v) is 4.33. The van der Waals surface area contributed by atoms with E-state index in [0.29, 0.717) is 18.7 Å². The van der Waals surface area contributed by atoms with Crippen LogP contribution < -0.4 is 4.74 Å². The Balaban J connectivity index is 1.25. The Morgan fingerprint density at radius 2 is 1.75 bits per heavy atom. The summed E-state index contributed by atoms with van der Waals surface area (Å²) < 4.78 is 6.85. The molecule has 0 radical (unpaired) electrons. The molecule has 32 heavy (non-hydrogen) atoms. The number of H-pyrrole nitrogens is 1. The van der Waals surface area contributed by atoms with Crippen molar-refractivity contribution in [1.29, 1.82) is 0 Å². The van der Waals surface area contributed by atoms with Crippen LogP contribution in [0.15, 0.2) is 48.8 Å². The minimum atomic E-state index is -0.712. The molecule has 4 aromatic heterocycles. The number of aliphatic carboxylic acids is 1. The smallest absolute Gasteiger partial charge is 0.306 e. The molecule has 1 saturated carbocycles. The maximum atomic E-state index is 11.1. The number of imidazole rings is 1. The highest BCUT2D eigenvalue weighted by Gasteiger charge is 2.27. The molecule has 0 aromatic carbocycles. The lowest BCUT2D eigenvalue weighted by atomic mass is 9.87. The minimum absolute atomic E-state index is 0.0166. The molecule has 5 rings (SSSR count). The molecular weight excluding hydrogens is 521 g/mol. The van der Waals surface area contributed by atoms with Gasteiger partial charge in [-0.2, -0.15) is 0 Å². The fourth-order valence-electron chi connectivity index (χ4n) is 3.91. The number of nitrogens with zero attached hydrogens (tertiary/aromatic N) is 4. The molecule has 1 fully saturated rings. The predicted octanol–water partition coefficient (Wildman–Crippen LogP) is 4.71. The van der Waals surface area contributed by atoms with E-state index >= 15 is 0 Å². The molecule has 4 heterocycles. The monoisotopic (exact) mass is 541 g/mol. The van der Waals surface area contributed by atoms with Gasteiger partial charge in [-0.3, -0.25) is 9.78 Å². The van der Waals surface area contributed by atoms with Gasteiger partial charge in [-0.1, -0.05) is 0 Å². The van der Waals surface area contributed by atoms with Gasteiger partial charge in [0.05, 0.1) is 11.6 Å². The van der Waals surface area contributed by atoms with Gasteiger partial charge in [0.1, 0.15) is 21.1 Å². The molecule has 0 saturated heterocycles. The van der Waals surface area contributed by atoms with Crippen LogP contribution in [0.5, 0.6) is 5.88 Å². The lowest BCUT2D eigenvalue weighted by molar-refractivity contribution is -0.143. The average molecular weight is 541 g/mol. The van der Waals surface area contributed by atoms with Gasteiger partial charge < -0.3 is 14.8 Å². The first kappa shape index (κ1) is 20.8. The van der Waals surface area contributed by atoms with E-state index < -0.39 is 5.97 Å². The van der Waals surface area contributed by atoms with Crippen LogP contribution >= 0.6 is 22.6 Å². The first-order valence-corrected chi connectivity index (χ1v) is 11.5. The number of pyridine rings is 3. The van der Waals surface area contributed by atoms with Gasteiger partial charge in [-0.15, -0.1) is 0 Å². The SMILES string of the molecule is O=C(O)C1CCC(Oc2ccc(-c3ccc(-c4nc5ccc(I)nc5[nH]4)cn3)cn2)CC1. The van der Waals surface area contributed by atoms with Crippen LogP contribution in [0.3, 0.4) is 0 Å². The van der Waals surface area contributed by atoms with Crippen LogP contribution in [0.25, 0.3) is 33.8 Å². The minimum Gasteiger partial charge on any atom is -0.481 e. The third-order valence-corrected chi connectivity index (χ3v) is 6.29. The number of fused-ring (bicyclic) bond motifs is 1. The summed E-state index contributed by atoms with van der Waals surface area (Å²) in [4.78, 5) is 32.3. The highest BCUT2D eigenvalue weighted by atomic mass is 127. The number of carboxylic acids is 1. The maximum absolute atomic E-state index is 11.1. The molecule has 8 nitrogen and oxygen atoms in total. The summed E-state index contributed by atoms with van der Waals surface area (Å²) in [5, 5.41) is 9.11. The molecule has 0 spiro atoms. The van der Waals surface area contributed by atoms with E-state index in [1.807, 2.05) is 36.4 Å². The van der Waals surface area contributed by atoms with Crippen molar-refractivity contribution in [3.05, 3.63) is 52.5 Å². The van der Waals surface area contributed by atoms with Crippen molar-refractivity contribution >= 4 is 39.7 Å². The van der Waals surface area contributed by atoms with E-state index in [0.717, 1.165) is 50.4 Å². The Morgan fingerprint density at radius 3 is 2.44 bits per heavy atom. The van der Waals surface area contributed by atoms with Crippen molar-refractivity contribution in [3.8, 4) is 28.5 Å². The van der Waals surface area contributed by atoms with Gasteiger partial charge >= 0.3 is 5.97 Å². The van der Waals surface area contributed by atoms with E-state index in [-0.39, 0.29) is 12.0 Å². The molecule has 1 aliphatic carbocycles. The Morgan fingerprint density at radius 1 is 0.969 bits per heavy atom. The van der Waals surface area contributed by atoms with Crippen LogP contribution in [0, 0.1) is 9.62 Å². The number of carbonyl (C=O) groups is 1. The highest BCUT2D eigenvalue weighted by molar-refractivity contribution is 14.1. The average Bonchev–Trinajstić information content (AvgIpc) is 3.23. The van der Waals surface area contributed by atoms with Gasteiger partial charge in [0.25, 0.3) is 0 Å². The van der Waals surface area contributed by atoms with Gasteiger partial charge in [0, 0.05) is 29.6 Å². The normalized spacial score (nSPS) is 18.5. The molecule has 0 aliphatic heterocycles. The maximum Gasteiger partial charge on any atom is 0.306 e. The molecule has 0 atom stereocenters. The predicted molar refractivity (Wildman–Crippen MR) is 127 cm³/mol. The van der Waals surface area contributed by atoms with Crippen molar-refractivity contribution in [3.63, 3.8) is 0 Å². The zero-order valence-corrected chi connectivity index (χ0v) is 19.2. The van der Waals surface area contributed by atoms with E-state index in [1.165, 1.54) is 0 Å². The van der Waals surface area contributed by atoms with Crippen molar-refractivity contribution in [2.45, 2.75) is 31.8 Å². The number of ether oxygens (including phenoxy) is 1. The zero-order valence-electron chi connectivity index (χ0n) is 17.0. The first-order valence-electron chi connectivity index (χ1n) is 10.4. The van der Waals surface area contributed by atoms with E-state index in [9.17, 15) is 4.79 Å². The molecule has 0 unspecified atom stereocenters. The molecule has 2 N–H and O–H groups in total. The van der Waals surface area contributed by atoms with Crippen LogP contribution in [-0.4, -0.2) is 42.1 Å². The summed E-state index contributed by atoms with van der Waals surface area (Å²) in [6.07, 6.45) is 6.31. The van der Waals surface area contributed by atoms with Crippen molar-refractivity contribution in [1.82, 2.24) is 24.9 Å². The Hall–Kier alpha value is -3.08. The zero-order chi connectivity index (χ0) is 22.1. The summed E-state index contributed by atoms with van der Waals surface area (Å²) >= 11 is 2.18. The number of nitrogens with one attached hydrogen (secondary N) is 1. The molecular formula is C23H20IN5O3. The van der Waals surface area contributed by atoms with E-state index in [1.54, 1.807) is 12.4 Å². The van der Waals surface area contributed by atoms with Crippen LogP contribution in [0.1, 0.15) is 25.7 Å². The van der Waals surface area contributed by atoms with Gasteiger partial charge in [0.2, 0.25) is 5.88 Å². The second-order valence-corrected chi connectivity index (χ2v) is 8.94.